The van der Waals surface area contributed by atoms with Crippen molar-refractivity contribution in [1.82, 2.24) is 0 Å². The zero-order chi connectivity index (χ0) is 20.7. The second-order valence-corrected chi connectivity index (χ2v) is 10.3. The van der Waals surface area contributed by atoms with E-state index in [1.54, 1.807) is 0 Å². The van der Waals surface area contributed by atoms with E-state index >= 15 is 0 Å². The van der Waals surface area contributed by atoms with Crippen LogP contribution in [0.15, 0.2) is 0 Å². The zero-order valence-corrected chi connectivity index (χ0v) is 18.4. The predicted octanol–water partition coefficient (Wildman–Crippen LogP) is 6.40. The van der Waals surface area contributed by atoms with Gasteiger partial charge in [-0.2, -0.15) is 0 Å². The van der Waals surface area contributed by atoms with Crippen LogP contribution in [0.5, 0.6) is 0 Å². The molecule has 0 heterocycles. The molecule has 0 atom stereocenters. The van der Waals surface area contributed by atoms with Gasteiger partial charge >= 0.3 is 5.97 Å². The Balaban J connectivity index is 1.46. The second kappa shape index (κ2) is 10.0. The lowest BCUT2D eigenvalue weighted by Gasteiger charge is -2.39. The number of carbonyl (C=O) groups is 2. The third-order valence-corrected chi connectivity index (χ3v) is 6.71. The number of Topliss-reactive ketones (excluding diaryl/α,β-unsaturated/α-hetero) is 1. The molecule has 0 spiro atoms. The molecule has 0 aromatic heterocycles. The highest BCUT2D eigenvalue weighted by Crippen LogP contribution is 2.51. The average molecular weight is 392 g/mol. The van der Waals surface area contributed by atoms with Gasteiger partial charge in [0.05, 0.1) is 11.6 Å². The van der Waals surface area contributed by atoms with Crippen molar-refractivity contribution in [3.63, 3.8) is 0 Å². The smallest absolute Gasteiger partial charge is 0.312 e. The van der Waals surface area contributed by atoms with Gasteiger partial charge in [-0.15, -0.1) is 0 Å². The van der Waals surface area contributed by atoms with Crippen LogP contribution < -0.4 is 0 Å². The molecule has 0 saturated heterocycles. The summed E-state index contributed by atoms with van der Waals surface area (Å²) in [6, 6.07) is 0. The molecule has 0 bridgehead atoms. The van der Waals surface area contributed by atoms with Crippen molar-refractivity contribution in [3.05, 3.63) is 0 Å². The predicted molar refractivity (Wildman–Crippen MR) is 114 cm³/mol. The largest absolute Gasteiger partial charge is 0.460 e. The highest BCUT2D eigenvalue weighted by Gasteiger charge is 2.51. The van der Waals surface area contributed by atoms with Crippen molar-refractivity contribution in [3.8, 4) is 0 Å². The molecule has 4 nitrogen and oxygen atoms in total. The Morgan fingerprint density at radius 3 is 1.64 bits per heavy atom. The van der Waals surface area contributed by atoms with Gasteiger partial charge in [-0.25, -0.2) is 0 Å². The van der Waals surface area contributed by atoms with E-state index in [0.717, 1.165) is 64.0 Å². The molecular formula is C24H41NO3. The first-order chi connectivity index (χ1) is 13.2. The minimum Gasteiger partial charge on any atom is -0.460 e. The van der Waals surface area contributed by atoms with Crippen LogP contribution in [0.3, 0.4) is 0 Å². The number of hydrogen-bond donors (Lipinski definition) is 1. The molecule has 160 valence electrons. The standard InChI is InChI=1S/C24H41NO3/c1-22(2,3)28-21(27)24(17-18-24)14-11-9-7-5-4-6-8-10-13-23(15-12-16-23)20(26)19-25/h19,25H,4-18H2,1-3H3. The SMILES string of the molecule is CC(C)(C)OC(=O)C1(CCCCCCCCCCC2(C(=O)C=N)CCC2)CC1. The molecule has 0 aliphatic heterocycles. The lowest BCUT2D eigenvalue weighted by Crippen LogP contribution is -2.38. The monoisotopic (exact) mass is 391 g/mol. The maximum absolute atomic E-state index is 12.3. The summed E-state index contributed by atoms with van der Waals surface area (Å²) >= 11 is 0. The molecule has 28 heavy (non-hydrogen) atoms. The van der Waals surface area contributed by atoms with Crippen LogP contribution in [0.1, 0.15) is 117 Å². The normalized spacial score (nSPS) is 19.5. The molecule has 1 N–H and O–H groups in total. The fourth-order valence-electron chi connectivity index (χ4n) is 4.46. The summed E-state index contributed by atoms with van der Waals surface area (Å²) < 4.78 is 5.58. The molecule has 2 aliphatic rings. The van der Waals surface area contributed by atoms with Crippen molar-refractivity contribution in [2.75, 3.05) is 0 Å². The first-order valence-corrected chi connectivity index (χ1v) is 11.5. The van der Waals surface area contributed by atoms with Gasteiger partial charge in [0.1, 0.15) is 5.60 Å². The molecule has 0 aromatic carbocycles. The summed E-state index contributed by atoms with van der Waals surface area (Å²) in [4.78, 5) is 24.2. The molecule has 0 amide bonds. The van der Waals surface area contributed by atoms with Crippen LogP contribution in [-0.2, 0) is 14.3 Å². The van der Waals surface area contributed by atoms with Gasteiger partial charge in [0.15, 0.2) is 5.78 Å². The number of nitrogens with one attached hydrogen (secondary N) is 1. The van der Waals surface area contributed by atoms with Crippen molar-refractivity contribution in [2.24, 2.45) is 10.8 Å². The highest BCUT2D eigenvalue weighted by atomic mass is 16.6. The Morgan fingerprint density at radius 2 is 1.29 bits per heavy atom. The first-order valence-electron chi connectivity index (χ1n) is 11.5. The van der Waals surface area contributed by atoms with Gasteiger partial charge in [-0.3, -0.25) is 9.59 Å². The number of unbranched alkanes of at least 4 members (excludes halogenated alkanes) is 7. The third kappa shape index (κ3) is 6.70. The van der Waals surface area contributed by atoms with E-state index in [1.807, 2.05) is 20.8 Å². The van der Waals surface area contributed by atoms with Crippen LogP contribution in [0.2, 0.25) is 0 Å². The van der Waals surface area contributed by atoms with Crippen LogP contribution >= 0.6 is 0 Å². The molecule has 2 rings (SSSR count). The van der Waals surface area contributed by atoms with Crippen molar-refractivity contribution >= 4 is 18.0 Å². The highest BCUT2D eigenvalue weighted by molar-refractivity contribution is 6.29. The maximum Gasteiger partial charge on any atom is 0.312 e. The summed E-state index contributed by atoms with van der Waals surface area (Å²) in [6.07, 6.45) is 17.8. The van der Waals surface area contributed by atoms with E-state index in [-0.39, 0.29) is 28.2 Å². The Labute approximate surface area is 171 Å². The Kier molecular flexibility index (Phi) is 8.27. The minimum absolute atomic E-state index is 0.0192. The van der Waals surface area contributed by atoms with Crippen molar-refractivity contribution in [1.29, 1.82) is 5.41 Å². The van der Waals surface area contributed by atoms with E-state index in [2.05, 4.69) is 0 Å². The van der Waals surface area contributed by atoms with E-state index in [1.165, 1.54) is 38.5 Å². The molecule has 0 aromatic rings. The van der Waals surface area contributed by atoms with Crippen LogP contribution in [0, 0.1) is 16.2 Å². The van der Waals surface area contributed by atoms with Crippen LogP contribution in [0.4, 0.5) is 0 Å². The quantitative estimate of drug-likeness (QED) is 0.212. The van der Waals surface area contributed by atoms with E-state index in [4.69, 9.17) is 10.1 Å². The molecule has 0 radical (unpaired) electrons. The Bertz CT molecular complexity index is 539. The average Bonchev–Trinajstić information content (AvgIpc) is 3.37. The van der Waals surface area contributed by atoms with Gasteiger partial charge in [-0.1, -0.05) is 57.8 Å². The fraction of sp³-hybridized carbons (Fsp3) is 0.875. The van der Waals surface area contributed by atoms with Crippen molar-refractivity contribution < 1.29 is 14.3 Å². The van der Waals surface area contributed by atoms with Gasteiger partial charge in [0.25, 0.3) is 0 Å². The number of ketones is 1. The molecule has 2 aliphatic carbocycles. The minimum atomic E-state index is -0.377. The summed E-state index contributed by atoms with van der Waals surface area (Å²) in [7, 11) is 0. The third-order valence-electron chi connectivity index (χ3n) is 6.71. The van der Waals surface area contributed by atoms with E-state index in [9.17, 15) is 9.59 Å². The summed E-state index contributed by atoms with van der Waals surface area (Å²) in [5, 5.41) is 7.23. The van der Waals surface area contributed by atoms with Crippen LogP contribution in [-0.4, -0.2) is 23.6 Å². The van der Waals surface area contributed by atoms with Gasteiger partial charge in [-0.05, 0) is 59.3 Å². The van der Waals surface area contributed by atoms with Crippen molar-refractivity contribution in [2.45, 2.75) is 123 Å². The van der Waals surface area contributed by atoms with Gasteiger partial charge < -0.3 is 10.1 Å². The summed E-state index contributed by atoms with van der Waals surface area (Å²) in [5.74, 6) is 0.0734. The Hall–Kier alpha value is -1.19. The summed E-state index contributed by atoms with van der Waals surface area (Å²) in [6.45, 7) is 5.83. The second-order valence-electron chi connectivity index (χ2n) is 10.3. The number of hydrogen-bond acceptors (Lipinski definition) is 4. The number of rotatable bonds is 14. The van der Waals surface area contributed by atoms with Gasteiger partial charge in [0.2, 0.25) is 0 Å². The topological polar surface area (TPSA) is 67.2 Å². The molecule has 4 heteroatoms. The first kappa shape index (κ1) is 23.1. The number of ether oxygens (including phenoxy) is 1. The van der Waals surface area contributed by atoms with Crippen LogP contribution in [0.25, 0.3) is 0 Å². The lowest BCUT2D eigenvalue weighted by atomic mass is 9.63. The molecular weight excluding hydrogens is 350 g/mol. The lowest BCUT2D eigenvalue weighted by molar-refractivity contribution is -0.162. The van der Waals surface area contributed by atoms with Gasteiger partial charge in [0, 0.05) is 5.41 Å². The zero-order valence-electron chi connectivity index (χ0n) is 18.4. The maximum atomic E-state index is 12.3. The Morgan fingerprint density at radius 1 is 0.821 bits per heavy atom. The summed E-state index contributed by atoms with van der Waals surface area (Å²) in [5.41, 5.74) is -0.689. The fourth-order valence-corrected chi connectivity index (χ4v) is 4.46. The van der Waals surface area contributed by atoms with E-state index in [0.29, 0.717) is 0 Å². The number of carbonyl (C=O) groups excluding carboxylic acids is 2. The van der Waals surface area contributed by atoms with E-state index < -0.39 is 0 Å². The molecule has 2 fully saturated rings. The molecule has 0 unspecified atom stereocenters. The number of esters is 1. The molecule has 2 saturated carbocycles.